The first-order valence-electron chi connectivity index (χ1n) is 8.93. The molecule has 0 amide bonds. The Balaban J connectivity index is 0.000000425. The number of benzene rings is 2. The predicted molar refractivity (Wildman–Crippen MR) is 112 cm³/mol. The van der Waals surface area contributed by atoms with Crippen LogP contribution in [-0.4, -0.2) is 15.9 Å². The van der Waals surface area contributed by atoms with E-state index in [0.29, 0.717) is 0 Å². The molecule has 3 rings (SSSR count). The largest absolute Gasteiger partial charge is 0.512 e. The first-order chi connectivity index (χ1) is 12.7. The van der Waals surface area contributed by atoms with E-state index < -0.39 is 0 Å². The molecule has 149 valence electrons. The minimum Gasteiger partial charge on any atom is -0.512 e. The normalized spacial score (nSPS) is 10.7. The average molecular weight is 553 g/mol. The molecule has 2 aromatic carbocycles. The standard InChI is InChI=1S/C19H18N.C5H8O2.Ir/c1-12-9-14(3)18(10-13(12)2)19-15(4)17-8-6-5-7-16(17)11-20-19;1-4(6)3-5(2)7;/h5-9,11H,1-4H3;3,6H,1-2H3;/q-1;;/b;4-3-;. The second-order valence-electron chi connectivity index (χ2n) is 6.85. The summed E-state index contributed by atoms with van der Waals surface area (Å²) < 4.78 is 0. The Morgan fingerprint density at radius 1 is 1.07 bits per heavy atom. The number of hydrogen-bond acceptors (Lipinski definition) is 3. The van der Waals surface area contributed by atoms with Crippen LogP contribution >= 0.6 is 0 Å². The van der Waals surface area contributed by atoms with Gasteiger partial charge in [-0.1, -0.05) is 50.6 Å². The van der Waals surface area contributed by atoms with Crippen molar-refractivity contribution < 1.29 is 30.0 Å². The Morgan fingerprint density at radius 3 is 2.29 bits per heavy atom. The van der Waals surface area contributed by atoms with Gasteiger partial charge in [0.2, 0.25) is 0 Å². The molecule has 0 spiro atoms. The number of ketones is 1. The summed E-state index contributed by atoms with van der Waals surface area (Å²) in [4.78, 5) is 14.7. The van der Waals surface area contributed by atoms with Crippen LogP contribution in [0.3, 0.4) is 0 Å². The van der Waals surface area contributed by atoms with Gasteiger partial charge in [0.05, 0.1) is 5.76 Å². The molecule has 1 N–H and O–H groups in total. The number of fused-ring (bicyclic) bond motifs is 1. The number of carbonyl (C=O) groups excluding carboxylic acids is 1. The third-order valence-corrected chi connectivity index (χ3v) is 4.43. The topological polar surface area (TPSA) is 50.2 Å². The van der Waals surface area contributed by atoms with Gasteiger partial charge in [0.15, 0.2) is 5.78 Å². The maximum absolute atomic E-state index is 10.0. The van der Waals surface area contributed by atoms with Gasteiger partial charge < -0.3 is 10.1 Å². The van der Waals surface area contributed by atoms with Crippen LogP contribution in [0, 0.1) is 33.8 Å². The summed E-state index contributed by atoms with van der Waals surface area (Å²) in [5.74, 6) is -0.0625. The maximum Gasteiger partial charge on any atom is 0.155 e. The molecule has 3 nitrogen and oxygen atoms in total. The molecule has 0 saturated heterocycles. The fourth-order valence-electron chi connectivity index (χ4n) is 2.99. The third kappa shape index (κ3) is 5.85. The SMILES string of the molecule is CC(=O)/C=C(/C)O.Cc1[c-]c(-c2ncc3ccccc3c2C)c(C)cc1C.[Ir]. The molecular formula is C24H26IrNO2-. The molecular weight excluding hydrogens is 526 g/mol. The van der Waals surface area contributed by atoms with E-state index in [1.54, 1.807) is 0 Å². The fourth-order valence-corrected chi connectivity index (χ4v) is 2.99. The van der Waals surface area contributed by atoms with Crippen LogP contribution in [0.4, 0.5) is 0 Å². The van der Waals surface area contributed by atoms with Gasteiger partial charge in [-0.25, -0.2) is 0 Å². The number of aliphatic hydroxyl groups excluding tert-OH is 1. The third-order valence-electron chi connectivity index (χ3n) is 4.43. The number of allylic oxidation sites excluding steroid dienone is 2. The summed E-state index contributed by atoms with van der Waals surface area (Å²) in [5.41, 5.74) is 7.11. The first kappa shape index (κ1) is 23.7. The van der Waals surface area contributed by atoms with Crippen LogP contribution in [0.15, 0.2) is 48.4 Å². The summed E-state index contributed by atoms with van der Waals surface area (Å²) in [6.07, 6.45) is 3.13. The molecule has 0 atom stereocenters. The van der Waals surface area contributed by atoms with E-state index in [2.05, 4.69) is 69.1 Å². The van der Waals surface area contributed by atoms with E-state index in [-0.39, 0.29) is 31.6 Å². The van der Waals surface area contributed by atoms with Crippen molar-refractivity contribution in [2.45, 2.75) is 41.5 Å². The molecule has 0 bridgehead atoms. The Kier molecular flexibility index (Phi) is 8.74. The minimum absolute atomic E-state index is 0. The van der Waals surface area contributed by atoms with Crippen molar-refractivity contribution in [1.29, 1.82) is 0 Å². The van der Waals surface area contributed by atoms with E-state index >= 15 is 0 Å². The van der Waals surface area contributed by atoms with Crippen LogP contribution in [-0.2, 0) is 24.9 Å². The Hall–Kier alpha value is -2.29. The zero-order valence-electron chi connectivity index (χ0n) is 17.2. The summed E-state index contributed by atoms with van der Waals surface area (Å²) in [5, 5.41) is 10.8. The first-order valence-corrected chi connectivity index (χ1v) is 8.93. The van der Waals surface area contributed by atoms with Crippen molar-refractivity contribution in [3.05, 3.63) is 76.7 Å². The Bertz CT molecular complexity index is 1020. The van der Waals surface area contributed by atoms with Gasteiger partial charge in [0.1, 0.15) is 0 Å². The van der Waals surface area contributed by atoms with Gasteiger partial charge in [-0.2, -0.15) is 0 Å². The number of hydrogen-bond donors (Lipinski definition) is 1. The van der Waals surface area contributed by atoms with Crippen molar-refractivity contribution in [2.24, 2.45) is 0 Å². The van der Waals surface area contributed by atoms with Gasteiger partial charge in [-0.3, -0.25) is 4.79 Å². The summed E-state index contributed by atoms with van der Waals surface area (Å²) in [6.45, 7) is 11.4. The molecule has 0 aliphatic carbocycles. The van der Waals surface area contributed by atoms with Crippen molar-refractivity contribution in [3.63, 3.8) is 0 Å². The molecule has 0 fully saturated rings. The quantitative estimate of drug-likeness (QED) is 0.242. The van der Waals surface area contributed by atoms with Crippen molar-refractivity contribution in [3.8, 4) is 11.3 Å². The van der Waals surface area contributed by atoms with Crippen LogP contribution in [0.25, 0.3) is 22.0 Å². The van der Waals surface area contributed by atoms with E-state index in [4.69, 9.17) is 5.11 Å². The predicted octanol–water partition coefficient (Wildman–Crippen LogP) is 5.97. The van der Waals surface area contributed by atoms with E-state index in [9.17, 15) is 4.79 Å². The van der Waals surface area contributed by atoms with E-state index in [1.165, 1.54) is 52.9 Å². The molecule has 1 heterocycles. The molecule has 0 unspecified atom stereocenters. The summed E-state index contributed by atoms with van der Waals surface area (Å²) >= 11 is 0. The van der Waals surface area contributed by atoms with Gasteiger partial charge in [0.25, 0.3) is 0 Å². The van der Waals surface area contributed by atoms with Gasteiger partial charge in [0, 0.05) is 32.4 Å². The number of aliphatic hydroxyl groups is 1. The molecule has 1 aromatic heterocycles. The molecule has 0 saturated carbocycles. The number of aryl methyl sites for hydroxylation is 4. The Morgan fingerprint density at radius 2 is 1.71 bits per heavy atom. The van der Waals surface area contributed by atoms with Crippen LogP contribution in [0.5, 0.6) is 0 Å². The van der Waals surface area contributed by atoms with Gasteiger partial charge >= 0.3 is 0 Å². The summed E-state index contributed by atoms with van der Waals surface area (Å²) in [7, 11) is 0. The average Bonchev–Trinajstić information content (AvgIpc) is 2.58. The van der Waals surface area contributed by atoms with E-state index in [0.717, 1.165) is 11.3 Å². The zero-order chi connectivity index (χ0) is 20.1. The van der Waals surface area contributed by atoms with Crippen LogP contribution < -0.4 is 0 Å². The number of nitrogens with zero attached hydrogens (tertiary/aromatic N) is 1. The number of carbonyl (C=O) groups is 1. The molecule has 1 radical (unpaired) electrons. The van der Waals surface area contributed by atoms with Crippen LogP contribution in [0.2, 0.25) is 0 Å². The fraction of sp³-hybridized carbons (Fsp3) is 0.250. The molecule has 3 aromatic rings. The maximum atomic E-state index is 10.0. The van der Waals surface area contributed by atoms with Gasteiger partial charge in [-0.15, -0.1) is 34.4 Å². The number of rotatable bonds is 2. The van der Waals surface area contributed by atoms with Crippen molar-refractivity contribution in [2.75, 3.05) is 0 Å². The number of aromatic nitrogens is 1. The molecule has 0 aliphatic rings. The minimum atomic E-state index is -0.125. The monoisotopic (exact) mass is 553 g/mol. The molecule has 28 heavy (non-hydrogen) atoms. The number of pyridine rings is 1. The molecule has 0 aliphatic heterocycles. The van der Waals surface area contributed by atoms with Gasteiger partial charge in [-0.05, 0) is 37.2 Å². The second kappa shape index (κ2) is 10.3. The van der Waals surface area contributed by atoms with Crippen LogP contribution in [0.1, 0.15) is 36.1 Å². The smallest absolute Gasteiger partial charge is 0.155 e. The van der Waals surface area contributed by atoms with Crippen molar-refractivity contribution in [1.82, 2.24) is 4.98 Å². The Labute approximate surface area is 180 Å². The zero-order valence-corrected chi connectivity index (χ0v) is 19.6. The van der Waals surface area contributed by atoms with Crippen molar-refractivity contribution >= 4 is 16.6 Å². The summed E-state index contributed by atoms with van der Waals surface area (Å²) in [6, 6.07) is 14.1. The van der Waals surface area contributed by atoms with E-state index in [1.807, 2.05) is 6.20 Å². The second-order valence-corrected chi connectivity index (χ2v) is 6.85. The molecule has 4 heteroatoms.